The first kappa shape index (κ1) is 19.8. The molecule has 1 aliphatic rings. The highest BCUT2D eigenvalue weighted by atomic mass is 19.1. The fraction of sp³-hybridized carbons (Fsp3) is 0.385. The zero-order valence-corrected chi connectivity index (χ0v) is 17.2. The van der Waals surface area contributed by atoms with Crippen molar-refractivity contribution in [1.82, 2.24) is 9.97 Å². The summed E-state index contributed by atoms with van der Waals surface area (Å²) >= 11 is 0. The lowest BCUT2D eigenvalue weighted by Gasteiger charge is -2.29. The van der Waals surface area contributed by atoms with Gasteiger partial charge in [0, 0.05) is 23.5 Å². The van der Waals surface area contributed by atoms with Crippen molar-refractivity contribution >= 4 is 0 Å². The number of unbranched alkanes of at least 4 members (excludes halogenated alkanes) is 1. The van der Waals surface area contributed by atoms with Crippen molar-refractivity contribution in [3.05, 3.63) is 72.3 Å². The number of benzene rings is 2. The lowest BCUT2D eigenvalue weighted by molar-refractivity contribution is 0.304. The van der Waals surface area contributed by atoms with E-state index in [4.69, 9.17) is 0 Å². The maximum Gasteiger partial charge on any atom is 0.159 e. The Kier molecular flexibility index (Phi) is 6.33. The molecule has 0 radical (unpaired) electrons. The number of rotatable bonds is 6. The van der Waals surface area contributed by atoms with Gasteiger partial charge >= 0.3 is 0 Å². The number of aromatic nitrogens is 2. The van der Waals surface area contributed by atoms with Crippen LogP contribution in [0.5, 0.6) is 0 Å². The van der Waals surface area contributed by atoms with Crippen LogP contribution in [0.4, 0.5) is 4.39 Å². The Bertz CT molecular complexity index is 893. The molecule has 3 aromatic rings. The predicted octanol–water partition coefficient (Wildman–Crippen LogP) is 7.41. The van der Waals surface area contributed by atoms with Crippen LogP contribution in [0.25, 0.3) is 22.5 Å². The topological polar surface area (TPSA) is 25.8 Å². The van der Waals surface area contributed by atoms with Crippen molar-refractivity contribution in [3.63, 3.8) is 0 Å². The molecule has 0 N–H and O–H groups in total. The van der Waals surface area contributed by atoms with Gasteiger partial charge in [-0.15, -0.1) is 0 Å². The van der Waals surface area contributed by atoms with Gasteiger partial charge in [-0.25, -0.2) is 14.4 Å². The third-order valence-corrected chi connectivity index (χ3v) is 6.28. The average molecular weight is 389 g/mol. The lowest BCUT2D eigenvalue weighted by Crippen LogP contribution is -2.13. The molecule has 0 amide bonds. The zero-order chi connectivity index (χ0) is 20.1. The van der Waals surface area contributed by atoms with E-state index in [2.05, 4.69) is 41.2 Å². The van der Waals surface area contributed by atoms with Crippen LogP contribution < -0.4 is 0 Å². The van der Waals surface area contributed by atoms with Crippen LogP contribution in [0.1, 0.15) is 63.4 Å². The second-order valence-corrected chi connectivity index (χ2v) is 8.28. The second kappa shape index (κ2) is 9.30. The Hall–Kier alpha value is -2.55. The van der Waals surface area contributed by atoms with Gasteiger partial charge in [-0.3, -0.25) is 0 Å². The first-order valence-electron chi connectivity index (χ1n) is 10.9. The quantitative estimate of drug-likeness (QED) is 0.439. The molecule has 0 atom stereocenters. The van der Waals surface area contributed by atoms with E-state index in [0.29, 0.717) is 11.7 Å². The Labute approximate surface area is 173 Å². The molecular formula is C26H29FN2. The zero-order valence-electron chi connectivity index (χ0n) is 17.2. The van der Waals surface area contributed by atoms with Crippen molar-refractivity contribution in [2.24, 2.45) is 5.92 Å². The van der Waals surface area contributed by atoms with Crippen molar-refractivity contribution in [2.45, 2.75) is 57.8 Å². The third-order valence-electron chi connectivity index (χ3n) is 6.28. The molecule has 0 aliphatic heterocycles. The van der Waals surface area contributed by atoms with Crippen molar-refractivity contribution in [1.29, 1.82) is 0 Å². The van der Waals surface area contributed by atoms with Gasteiger partial charge in [-0.1, -0.05) is 50.5 Å². The summed E-state index contributed by atoms with van der Waals surface area (Å²) in [6.07, 6.45) is 13.2. The minimum Gasteiger partial charge on any atom is -0.236 e. The highest BCUT2D eigenvalue weighted by molar-refractivity contribution is 5.64. The van der Waals surface area contributed by atoms with Crippen LogP contribution in [0, 0.1) is 11.7 Å². The maximum atomic E-state index is 13.1. The molecule has 1 aromatic heterocycles. The van der Waals surface area contributed by atoms with Crippen molar-refractivity contribution in [2.75, 3.05) is 0 Å². The van der Waals surface area contributed by atoms with E-state index in [9.17, 15) is 4.39 Å². The minimum absolute atomic E-state index is 0.250. The largest absolute Gasteiger partial charge is 0.236 e. The van der Waals surface area contributed by atoms with Gasteiger partial charge < -0.3 is 0 Å². The van der Waals surface area contributed by atoms with E-state index < -0.39 is 0 Å². The van der Waals surface area contributed by atoms with Crippen LogP contribution in [0.15, 0.2) is 60.9 Å². The Morgan fingerprint density at radius 3 is 2.03 bits per heavy atom. The predicted molar refractivity (Wildman–Crippen MR) is 117 cm³/mol. The molecule has 2 nitrogen and oxygen atoms in total. The number of hydrogen-bond acceptors (Lipinski definition) is 2. The van der Waals surface area contributed by atoms with E-state index in [1.807, 2.05) is 12.4 Å². The molecule has 3 heteroatoms. The highest BCUT2D eigenvalue weighted by Gasteiger charge is 2.21. The molecule has 29 heavy (non-hydrogen) atoms. The summed E-state index contributed by atoms with van der Waals surface area (Å²) in [5, 5.41) is 0. The fourth-order valence-electron chi connectivity index (χ4n) is 4.45. The number of halogens is 1. The summed E-state index contributed by atoms with van der Waals surface area (Å²) in [6, 6.07) is 15.2. The van der Waals surface area contributed by atoms with Gasteiger partial charge in [0.25, 0.3) is 0 Å². The molecule has 1 saturated carbocycles. The molecular weight excluding hydrogens is 359 g/mol. The molecule has 4 rings (SSSR count). The lowest BCUT2D eigenvalue weighted by atomic mass is 9.77. The van der Waals surface area contributed by atoms with E-state index >= 15 is 0 Å². The first-order valence-corrected chi connectivity index (χ1v) is 10.9. The van der Waals surface area contributed by atoms with Gasteiger partial charge in [0.2, 0.25) is 0 Å². The Balaban J connectivity index is 1.40. The molecule has 0 unspecified atom stereocenters. The van der Waals surface area contributed by atoms with Gasteiger partial charge in [0.05, 0.1) is 0 Å². The summed E-state index contributed by atoms with van der Waals surface area (Å²) in [7, 11) is 0. The molecule has 1 aliphatic carbocycles. The summed E-state index contributed by atoms with van der Waals surface area (Å²) in [6.45, 7) is 2.29. The van der Waals surface area contributed by atoms with Crippen molar-refractivity contribution in [3.8, 4) is 22.5 Å². The molecule has 2 aromatic carbocycles. The smallest absolute Gasteiger partial charge is 0.159 e. The third kappa shape index (κ3) is 4.90. The standard InChI is InChI=1S/C26H29FN2/c1-2-3-4-19-5-7-20(8-6-19)21-9-11-22(12-10-21)24-17-28-26(29-18-24)23-13-15-25(27)16-14-23/h9-20H,2-8H2,1H3. The average Bonchev–Trinajstić information content (AvgIpc) is 2.79. The molecule has 0 saturated heterocycles. The van der Waals surface area contributed by atoms with E-state index in [-0.39, 0.29) is 5.82 Å². The molecule has 1 fully saturated rings. The summed E-state index contributed by atoms with van der Waals surface area (Å²) in [5.74, 6) is 2.02. The van der Waals surface area contributed by atoms with Crippen LogP contribution in [-0.4, -0.2) is 9.97 Å². The second-order valence-electron chi connectivity index (χ2n) is 8.28. The minimum atomic E-state index is -0.250. The first-order chi connectivity index (χ1) is 14.2. The van der Waals surface area contributed by atoms with E-state index in [1.165, 1.54) is 62.6 Å². The monoisotopic (exact) mass is 388 g/mol. The summed E-state index contributed by atoms with van der Waals surface area (Å²) in [4.78, 5) is 8.93. The van der Waals surface area contributed by atoms with Gasteiger partial charge in [0.15, 0.2) is 5.82 Å². The van der Waals surface area contributed by atoms with Gasteiger partial charge in [0.1, 0.15) is 5.82 Å². The molecule has 150 valence electrons. The Morgan fingerprint density at radius 2 is 1.41 bits per heavy atom. The normalized spacial score (nSPS) is 19.2. The summed E-state index contributed by atoms with van der Waals surface area (Å²) < 4.78 is 13.1. The molecule has 1 heterocycles. The van der Waals surface area contributed by atoms with Crippen molar-refractivity contribution < 1.29 is 4.39 Å². The van der Waals surface area contributed by atoms with Crippen LogP contribution >= 0.6 is 0 Å². The number of hydrogen-bond donors (Lipinski definition) is 0. The number of nitrogens with zero attached hydrogens (tertiary/aromatic N) is 2. The maximum absolute atomic E-state index is 13.1. The molecule has 0 bridgehead atoms. The van der Waals surface area contributed by atoms with Gasteiger partial charge in [-0.05, 0) is 72.9 Å². The van der Waals surface area contributed by atoms with E-state index in [1.54, 1.807) is 12.1 Å². The SMILES string of the molecule is CCCCC1CCC(c2ccc(-c3cnc(-c4ccc(F)cc4)nc3)cc2)CC1. The van der Waals surface area contributed by atoms with Crippen LogP contribution in [-0.2, 0) is 0 Å². The highest BCUT2D eigenvalue weighted by Crippen LogP contribution is 2.38. The van der Waals surface area contributed by atoms with Gasteiger partial charge in [-0.2, -0.15) is 0 Å². The molecule has 0 spiro atoms. The summed E-state index contributed by atoms with van der Waals surface area (Å²) in [5.41, 5.74) is 4.43. The Morgan fingerprint density at radius 1 is 0.793 bits per heavy atom. The van der Waals surface area contributed by atoms with Crippen LogP contribution in [0.3, 0.4) is 0 Å². The fourth-order valence-corrected chi connectivity index (χ4v) is 4.45. The van der Waals surface area contributed by atoms with E-state index in [0.717, 1.165) is 22.6 Å². The van der Waals surface area contributed by atoms with Crippen LogP contribution in [0.2, 0.25) is 0 Å².